The fourth-order valence-electron chi connectivity index (χ4n) is 2.64. The van der Waals surface area contributed by atoms with Crippen LogP contribution < -0.4 is 10.2 Å². The first-order chi connectivity index (χ1) is 11.9. The fraction of sp³-hybridized carbons (Fsp3) is 0.235. The summed E-state index contributed by atoms with van der Waals surface area (Å²) in [6, 6.07) is 10.9. The van der Waals surface area contributed by atoms with Gasteiger partial charge in [-0.3, -0.25) is 0 Å². The molecule has 1 saturated heterocycles. The first-order valence-electron chi connectivity index (χ1n) is 7.65. The maximum absolute atomic E-state index is 6.18. The smallest absolute Gasteiger partial charge is 0.173 e. The van der Waals surface area contributed by atoms with Crippen LogP contribution >= 0.6 is 58.6 Å². The van der Waals surface area contributed by atoms with Crippen molar-refractivity contribution in [2.45, 2.75) is 0 Å². The normalized spacial score (nSPS) is 14.6. The molecule has 3 nitrogen and oxygen atoms in total. The lowest BCUT2D eigenvalue weighted by Crippen LogP contribution is -2.50. The molecule has 0 amide bonds. The number of benzene rings is 2. The lowest BCUT2D eigenvalue weighted by atomic mass is 10.2. The van der Waals surface area contributed by atoms with Crippen molar-refractivity contribution in [2.75, 3.05) is 36.4 Å². The maximum atomic E-state index is 6.18. The Bertz CT molecular complexity index is 791. The average Bonchev–Trinajstić information content (AvgIpc) is 2.60. The van der Waals surface area contributed by atoms with E-state index in [0.717, 1.165) is 31.9 Å². The summed E-state index contributed by atoms with van der Waals surface area (Å²) in [7, 11) is 0. The van der Waals surface area contributed by atoms with Gasteiger partial charge in [0.2, 0.25) is 0 Å². The molecule has 3 rings (SSSR count). The van der Waals surface area contributed by atoms with E-state index in [-0.39, 0.29) is 0 Å². The topological polar surface area (TPSA) is 18.5 Å². The van der Waals surface area contributed by atoms with Crippen LogP contribution in [0.5, 0.6) is 0 Å². The number of thiocarbonyl (C=S) groups is 1. The zero-order chi connectivity index (χ0) is 18.0. The number of nitrogens with one attached hydrogen (secondary N) is 1. The third-order valence-corrected chi connectivity index (χ3v) is 5.67. The summed E-state index contributed by atoms with van der Waals surface area (Å²) in [6.07, 6.45) is 0. The molecule has 2 aromatic carbocycles. The molecule has 2 aromatic rings. The number of nitrogens with zero attached hydrogens (tertiary/aromatic N) is 2. The first-order valence-corrected chi connectivity index (χ1v) is 9.57. The molecule has 0 aromatic heterocycles. The second kappa shape index (κ2) is 8.19. The van der Waals surface area contributed by atoms with E-state index in [2.05, 4.69) is 15.1 Å². The van der Waals surface area contributed by atoms with Crippen LogP contribution in [0.15, 0.2) is 36.4 Å². The monoisotopic (exact) mass is 433 g/mol. The first kappa shape index (κ1) is 18.9. The second-order valence-electron chi connectivity index (χ2n) is 5.63. The van der Waals surface area contributed by atoms with Gasteiger partial charge in [0.15, 0.2) is 5.11 Å². The molecule has 0 aliphatic carbocycles. The van der Waals surface area contributed by atoms with Gasteiger partial charge < -0.3 is 15.1 Å². The lowest BCUT2D eigenvalue weighted by molar-refractivity contribution is 0.391. The van der Waals surface area contributed by atoms with Crippen molar-refractivity contribution in [1.29, 1.82) is 0 Å². The predicted octanol–water partition coefficient (Wildman–Crippen LogP) is 5.82. The molecule has 132 valence electrons. The Hall–Kier alpha value is -0.910. The molecule has 0 spiro atoms. The third kappa shape index (κ3) is 4.63. The molecule has 1 N–H and O–H groups in total. The van der Waals surface area contributed by atoms with Gasteiger partial charge in [-0.15, -0.1) is 0 Å². The Morgan fingerprint density at radius 1 is 0.840 bits per heavy atom. The standard InChI is InChI=1S/C17H15Cl4N3S/c18-11-1-3-14(20)16(9-11)22-17(25)24-7-5-23(6-8-24)12-2-4-13(19)15(21)10-12/h1-4,9-10H,5-8H2,(H,22,25). The molecule has 1 aliphatic heterocycles. The fourth-order valence-corrected chi connectivity index (χ4v) is 3.56. The predicted molar refractivity (Wildman–Crippen MR) is 113 cm³/mol. The van der Waals surface area contributed by atoms with E-state index in [1.54, 1.807) is 18.2 Å². The van der Waals surface area contributed by atoms with Crippen molar-refractivity contribution in [3.05, 3.63) is 56.5 Å². The molecule has 8 heteroatoms. The summed E-state index contributed by atoms with van der Waals surface area (Å²) in [6.45, 7) is 3.26. The van der Waals surface area contributed by atoms with Gasteiger partial charge in [0.25, 0.3) is 0 Å². The highest BCUT2D eigenvalue weighted by Gasteiger charge is 2.20. The number of rotatable bonds is 2. The minimum Gasteiger partial charge on any atom is -0.368 e. The largest absolute Gasteiger partial charge is 0.368 e. The zero-order valence-electron chi connectivity index (χ0n) is 13.1. The Kier molecular flexibility index (Phi) is 6.18. The Labute approximate surface area is 172 Å². The van der Waals surface area contributed by atoms with E-state index < -0.39 is 0 Å². The lowest BCUT2D eigenvalue weighted by Gasteiger charge is -2.37. The van der Waals surface area contributed by atoms with Gasteiger partial charge in [-0.1, -0.05) is 46.4 Å². The number of hydrogen-bond donors (Lipinski definition) is 1. The van der Waals surface area contributed by atoms with Crippen molar-refractivity contribution < 1.29 is 0 Å². The van der Waals surface area contributed by atoms with Gasteiger partial charge in [-0.2, -0.15) is 0 Å². The summed E-state index contributed by atoms with van der Waals surface area (Å²) < 4.78 is 0. The van der Waals surface area contributed by atoms with Crippen LogP contribution in [0.2, 0.25) is 20.1 Å². The van der Waals surface area contributed by atoms with Gasteiger partial charge >= 0.3 is 0 Å². The van der Waals surface area contributed by atoms with Crippen LogP contribution in [0.4, 0.5) is 11.4 Å². The quantitative estimate of drug-likeness (QED) is 0.600. The Morgan fingerprint density at radius 3 is 2.20 bits per heavy atom. The van der Waals surface area contributed by atoms with E-state index in [1.165, 1.54) is 0 Å². The van der Waals surface area contributed by atoms with Crippen LogP contribution in [-0.2, 0) is 0 Å². The molecule has 25 heavy (non-hydrogen) atoms. The molecule has 0 unspecified atom stereocenters. The van der Waals surface area contributed by atoms with E-state index in [1.807, 2.05) is 18.2 Å². The van der Waals surface area contributed by atoms with E-state index in [4.69, 9.17) is 58.6 Å². The zero-order valence-corrected chi connectivity index (χ0v) is 16.9. The van der Waals surface area contributed by atoms with Crippen LogP contribution in [0.25, 0.3) is 0 Å². The number of anilines is 2. The molecular weight excluding hydrogens is 420 g/mol. The van der Waals surface area contributed by atoms with Crippen LogP contribution in [0.1, 0.15) is 0 Å². The van der Waals surface area contributed by atoms with Crippen molar-refractivity contribution in [3.8, 4) is 0 Å². The van der Waals surface area contributed by atoms with Gasteiger partial charge in [0.05, 0.1) is 20.8 Å². The highest BCUT2D eigenvalue weighted by Crippen LogP contribution is 2.28. The van der Waals surface area contributed by atoms with Crippen molar-refractivity contribution >= 4 is 75.1 Å². The van der Waals surface area contributed by atoms with Gasteiger partial charge in [-0.25, -0.2) is 0 Å². The van der Waals surface area contributed by atoms with E-state index >= 15 is 0 Å². The van der Waals surface area contributed by atoms with E-state index in [9.17, 15) is 0 Å². The summed E-state index contributed by atoms with van der Waals surface area (Å²) in [5.74, 6) is 0. The Balaban J connectivity index is 1.60. The van der Waals surface area contributed by atoms with E-state index in [0.29, 0.717) is 30.9 Å². The minimum absolute atomic E-state index is 0.563. The number of piperazine rings is 1. The van der Waals surface area contributed by atoms with Gasteiger partial charge in [0.1, 0.15) is 0 Å². The molecule has 0 radical (unpaired) electrons. The van der Waals surface area contributed by atoms with Crippen molar-refractivity contribution in [2.24, 2.45) is 0 Å². The molecule has 1 fully saturated rings. The number of hydrogen-bond acceptors (Lipinski definition) is 2. The van der Waals surface area contributed by atoms with Crippen molar-refractivity contribution in [1.82, 2.24) is 4.90 Å². The highest BCUT2D eigenvalue weighted by atomic mass is 35.5. The Morgan fingerprint density at radius 2 is 1.52 bits per heavy atom. The molecule has 0 saturated carbocycles. The molecular formula is C17H15Cl4N3S. The second-order valence-corrected chi connectivity index (χ2v) is 7.67. The third-order valence-electron chi connectivity index (χ3n) is 4.01. The van der Waals surface area contributed by atoms with Crippen LogP contribution in [0.3, 0.4) is 0 Å². The molecule has 0 atom stereocenters. The number of halogens is 4. The summed E-state index contributed by atoms with van der Waals surface area (Å²) in [5, 5.41) is 6.13. The molecule has 0 bridgehead atoms. The SMILES string of the molecule is S=C(Nc1cc(Cl)ccc1Cl)N1CCN(c2ccc(Cl)c(Cl)c2)CC1. The average molecular weight is 435 g/mol. The van der Waals surface area contributed by atoms with Crippen molar-refractivity contribution in [3.63, 3.8) is 0 Å². The highest BCUT2D eigenvalue weighted by molar-refractivity contribution is 7.80. The minimum atomic E-state index is 0.563. The summed E-state index contributed by atoms with van der Waals surface area (Å²) >= 11 is 29.8. The van der Waals surface area contributed by atoms with Gasteiger partial charge in [0, 0.05) is 36.9 Å². The molecule has 1 heterocycles. The van der Waals surface area contributed by atoms with Gasteiger partial charge in [-0.05, 0) is 48.6 Å². The molecule has 1 aliphatic rings. The van der Waals surface area contributed by atoms with Crippen LogP contribution in [0, 0.1) is 0 Å². The van der Waals surface area contributed by atoms with Crippen LogP contribution in [-0.4, -0.2) is 36.2 Å². The summed E-state index contributed by atoms with van der Waals surface area (Å²) in [5.41, 5.74) is 1.77. The summed E-state index contributed by atoms with van der Waals surface area (Å²) in [4.78, 5) is 4.37. The maximum Gasteiger partial charge on any atom is 0.173 e.